The van der Waals surface area contributed by atoms with Crippen molar-refractivity contribution in [3.63, 3.8) is 0 Å². The molecule has 0 saturated carbocycles. The molecule has 0 heterocycles. The summed E-state index contributed by atoms with van der Waals surface area (Å²) >= 11 is 0. The zero-order valence-electron chi connectivity index (χ0n) is 23.4. The normalized spacial score (nSPS) is 13.5. The number of hydrogen-bond donors (Lipinski definition) is 0. The van der Waals surface area contributed by atoms with E-state index in [1.165, 1.54) is 83.1 Å². The number of rotatable bonds is 2. The van der Waals surface area contributed by atoms with Crippen molar-refractivity contribution in [1.29, 1.82) is 0 Å². The average molecular weight is 533 g/mol. The Hall–Kier alpha value is -5.20. The van der Waals surface area contributed by atoms with Gasteiger partial charge in [-0.15, -0.1) is 0 Å². The molecule has 7 aromatic carbocycles. The number of fused-ring (bicyclic) bond motifs is 11. The first-order valence-corrected chi connectivity index (χ1v) is 14.8. The van der Waals surface area contributed by atoms with Gasteiger partial charge in [-0.25, -0.2) is 0 Å². The molecule has 0 fully saturated rings. The molecule has 0 nitrogen and oxygen atoms in total. The van der Waals surface area contributed by atoms with Gasteiger partial charge in [0, 0.05) is 0 Å². The van der Waals surface area contributed by atoms with E-state index >= 15 is 0 Å². The Morgan fingerprint density at radius 2 is 0.881 bits per heavy atom. The molecule has 42 heavy (non-hydrogen) atoms. The molecule has 2 aliphatic carbocycles. The highest BCUT2D eigenvalue weighted by Crippen LogP contribution is 2.64. The summed E-state index contributed by atoms with van der Waals surface area (Å²) < 4.78 is 0. The van der Waals surface area contributed by atoms with Crippen LogP contribution in [0.4, 0.5) is 0 Å². The van der Waals surface area contributed by atoms with Gasteiger partial charge >= 0.3 is 0 Å². The van der Waals surface area contributed by atoms with Gasteiger partial charge in [0.2, 0.25) is 0 Å². The van der Waals surface area contributed by atoms with Crippen LogP contribution in [0.15, 0.2) is 152 Å². The quantitative estimate of drug-likeness (QED) is 0.208. The minimum absolute atomic E-state index is 0.337. The summed E-state index contributed by atoms with van der Waals surface area (Å²) in [6.07, 6.45) is 0. The molecule has 0 bridgehead atoms. The van der Waals surface area contributed by atoms with Crippen molar-refractivity contribution in [3.8, 4) is 44.5 Å². The van der Waals surface area contributed by atoms with Gasteiger partial charge in [-0.2, -0.15) is 0 Å². The first-order valence-electron chi connectivity index (χ1n) is 14.8. The van der Waals surface area contributed by atoms with Crippen molar-refractivity contribution < 1.29 is 0 Å². The smallest absolute Gasteiger partial charge is 0.0619 e. The molecule has 0 aliphatic heterocycles. The molecule has 1 spiro atoms. The van der Waals surface area contributed by atoms with Gasteiger partial charge < -0.3 is 0 Å². The maximum Gasteiger partial charge on any atom is 0.0725 e. The highest BCUT2D eigenvalue weighted by Gasteiger charge is 2.51. The van der Waals surface area contributed by atoms with Crippen molar-refractivity contribution in [2.75, 3.05) is 0 Å². The Bertz CT molecular complexity index is 2150. The fourth-order valence-corrected chi connectivity index (χ4v) is 7.90. The van der Waals surface area contributed by atoms with Gasteiger partial charge in [0.15, 0.2) is 0 Å². The second-order valence-corrected chi connectivity index (χ2v) is 11.7. The van der Waals surface area contributed by atoms with Crippen LogP contribution in [0.3, 0.4) is 0 Å². The van der Waals surface area contributed by atoms with Crippen molar-refractivity contribution >= 4 is 10.8 Å². The summed E-state index contributed by atoms with van der Waals surface area (Å²) in [6, 6.07) is 56.6. The van der Waals surface area contributed by atoms with Crippen molar-refractivity contribution in [1.82, 2.24) is 0 Å². The van der Waals surface area contributed by atoms with Crippen LogP contribution in [0.1, 0.15) is 27.8 Å². The summed E-state index contributed by atoms with van der Waals surface area (Å²) in [5, 5.41) is 2.55. The van der Waals surface area contributed by atoms with E-state index < -0.39 is 0 Å². The first-order chi connectivity index (χ1) is 20.8. The summed E-state index contributed by atoms with van der Waals surface area (Å²) in [4.78, 5) is 0. The third-order valence-electron chi connectivity index (χ3n) is 9.58. The Balaban J connectivity index is 1.42. The maximum atomic E-state index is 2.38. The van der Waals surface area contributed by atoms with Crippen LogP contribution in [0.25, 0.3) is 55.3 Å². The van der Waals surface area contributed by atoms with E-state index in [0.29, 0.717) is 0 Å². The maximum absolute atomic E-state index is 2.38. The van der Waals surface area contributed by atoms with Crippen molar-refractivity contribution in [2.24, 2.45) is 0 Å². The van der Waals surface area contributed by atoms with Gasteiger partial charge in [0.05, 0.1) is 5.41 Å². The molecular formula is C42H28. The van der Waals surface area contributed by atoms with Gasteiger partial charge in [-0.05, 0) is 84.5 Å². The van der Waals surface area contributed by atoms with E-state index in [1.807, 2.05) is 0 Å². The van der Waals surface area contributed by atoms with E-state index in [2.05, 4.69) is 159 Å². The molecule has 0 radical (unpaired) electrons. The standard InChI is InChI=1S/C42H28/c1-27-21-23-29(24-22-27)40-30-12-3-2-11-28(30)25-26-34(40)33-16-10-20-39-41(33)35-15-6-9-19-38(35)42(39)36-17-7-4-13-31(36)32-14-5-8-18-37(32)42/h2-26H,1H3. The molecule has 0 atom stereocenters. The molecule has 0 unspecified atom stereocenters. The van der Waals surface area contributed by atoms with E-state index in [0.717, 1.165) is 0 Å². The minimum Gasteiger partial charge on any atom is -0.0619 e. The molecule has 7 aromatic rings. The molecule has 0 aromatic heterocycles. The third-order valence-corrected chi connectivity index (χ3v) is 9.58. The molecule has 0 amide bonds. The van der Waals surface area contributed by atoms with Crippen LogP contribution in [0, 0.1) is 6.92 Å². The van der Waals surface area contributed by atoms with Crippen molar-refractivity contribution in [2.45, 2.75) is 12.3 Å². The molecular weight excluding hydrogens is 504 g/mol. The lowest BCUT2D eigenvalue weighted by Crippen LogP contribution is -2.25. The summed E-state index contributed by atoms with van der Waals surface area (Å²) in [6.45, 7) is 2.16. The Morgan fingerprint density at radius 1 is 0.357 bits per heavy atom. The van der Waals surface area contributed by atoms with Crippen LogP contribution >= 0.6 is 0 Å². The average Bonchev–Trinajstić information content (AvgIpc) is 3.52. The van der Waals surface area contributed by atoms with Crippen LogP contribution in [-0.2, 0) is 5.41 Å². The predicted molar refractivity (Wildman–Crippen MR) is 176 cm³/mol. The fraction of sp³-hybridized carbons (Fsp3) is 0.0476. The highest BCUT2D eigenvalue weighted by molar-refractivity contribution is 6.08. The van der Waals surface area contributed by atoms with Crippen LogP contribution < -0.4 is 0 Å². The highest BCUT2D eigenvalue weighted by atomic mass is 14.5. The molecule has 0 N–H and O–H groups in total. The lowest BCUT2D eigenvalue weighted by Gasteiger charge is -2.30. The summed E-state index contributed by atoms with van der Waals surface area (Å²) in [7, 11) is 0. The SMILES string of the molecule is Cc1ccc(-c2c(-c3cccc4c3-c3ccccc3C43c4ccccc4-c4ccccc43)ccc3ccccc23)cc1. The van der Waals surface area contributed by atoms with Gasteiger partial charge in [0.25, 0.3) is 0 Å². The van der Waals surface area contributed by atoms with Gasteiger partial charge in [-0.3, -0.25) is 0 Å². The molecule has 9 rings (SSSR count). The monoisotopic (exact) mass is 532 g/mol. The topological polar surface area (TPSA) is 0 Å². The molecule has 196 valence electrons. The largest absolute Gasteiger partial charge is 0.0725 e. The third kappa shape index (κ3) is 2.96. The second kappa shape index (κ2) is 8.65. The Kier molecular flexibility index (Phi) is 4.84. The summed E-state index contributed by atoms with van der Waals surface area (Å²) in [5.74, 6) is 0. The second-order valence-electron chi connectivity index (χ2n) is 11.7. The zero-order valence-corrected chi connectivity index (χ0v) is 23.4. The van der Waals surface area contributed by atoms with Crippen LogP contribution in [-0.4, -0.2) is 0 Å². The lowest BCUT2D eigenvalue weighted by molar-refractivity contribution is 0.794. The lowest BCUT2D eigenvalue weighted by atomic mass is 9.70. The number of benzene rings is 7. The van der Waals surface area contributed by atoms with E-state index in [1.54, 1.807) is 0 Å². The first kappa shape index (κ1) is 23.5. The van der Waals surface area contributed by atoms with Gasteiger partial charge in [-0.1, -0.05) is 157 Å². The zero-order chi connectivity index (χ0) is 27.8. The Labute approximate surface area is 246 Å². The predicted octanol–water partition coefficient (Wildman–Crippen LogP) is 10.8. The van der Waals surface area contributed by atoms with Gasteiger partial charge in [0.1, 0.15) is 0 Å². The molecule has 2 aliphatic rings. The minimum atomic E-state index is -0.337. The van der Waals surface area contributed by atoms with E-state index in [-0.39, 0.29) is 5.41 Å². The molecule has 0 saturated heterocycles. The van der Waals surface area contributed by atoms with Crippen LogP contribution in [0.2, 0.25) is 0 Å². The van der Waals surface area contributed by atoms with Crippen molar-refractivity contribution in [3.05, 3.63) is 179 Å². The van der Waals surface area contributed by atoms with Crippen LogP contribution in [0.5, 0.6) is 0 Å². The summed E-state index contributed by atoms with van der Waals surface area (Å²) in [5.41, 5.74) is 16.9. The van der Waals surface area contributed by atoms with E-state index in [4.69, 9.17) is 0 Å². The number of aryl methyl sites for hydroxylation is 1. The fourth-order valence-electron chi connectivity index (χ4n) is 7.90. The number of hydrogen-bond acceptors (Lipinski definition) is 0. The molecule has 0 heteroatoms. The van der Waals surface area contributed by atoms with E-state index in [9.17, 15) is 0 Å². The Morgan fingerprint density at radius 3 is 1.60 bits per heavy atom.